The molecule has 7 heteroatoms. The Hall–Kier alpha value is -2.28. The fraction of sp³-hybridized carbons (Fsp3) is 0.143. The molecule has 0 atom stereocenters. The Bertz CT molecular complexity index is 741. The first-order valence-corrected chi connectivity index (χ1v) is 7.07. The minimum Gasteiger partial charge on any atom is -0.497 e. The van der Waals surface area contributed by atoms with E-state index in [1.54, 1.807) is 11.9 Å². The van der Waals surface area contributed by atoms with Gasteiger partial charge in [0.15, 0.2) is 0 Å². The van der Waals surface area contributed by atoms with E-state index in [1.165, 1.54) is 0 Å². The SMILES string of the molecule is COc1ccc(Cn2nnc(-c3cccc(Br)n3)n2)cc1. The van der Waals surface area contributed by atoms with Crippen LogP contribution in [0.4, 0.5) is 0 Å². The van der Waals surface area contributed by atoms with E-state index in [0.29, 0.717) is 18.1 Å². The van der Waals surface area contributed by atoms with Crippen LogP contribution in [0, 0.1) is 0 Å². The maximum absolute atomic E-state index is 5.13. The van der Waals surface area contributed by atoms with Crippen molar-refractivity contribution in [1.29, 1.82) is 0 Å². The second-order valence-corrected chi connectivity index (χ2v) is 5.15. The largest absolute Gasteiger partial charge is 0.497 e. The van der Waals surface area contributed by atoms with Crippen LogP contribution in [0.5, 0.6) is 5.75 Å². The predicted molar refractivity (Wildman–Crippen MR) is 80.8 cm³/mol. The standard InChI is InChI=1S/C14H12BrN5O/c1-21-11-7-5-10(6-8-11)9-20-18-14(17-19-20)12-3-2-4-13(15)16-12/h2-8H,9H2,1H3. The van der Waals surface area contributed by atoms with Crippen LogP contribution in [-0.2, 0) is 6.54 Å². The second-order valence-electron chi connectivity index (χ2n) is 4.34. The van der Waals surface area contributed by atoms with Crippen molar-refractivity contribution in [3.63, 3.8) is 0 Å². The van der Waals surface area contributed by atoms with Gasteiger partial charge in [-0.15, -0.1) is 10.2 Å². The summed E-state index contributed by atoms with van der Waals surface area (Å²) in [5.74, 6) is 1.33. The summed E-state index contributed by atoms with van der Waals surface area (Å²) in [4.78, 5) is 5.85. The first-order chi connectivity index (χ1) is 10.2. The van der Waals surface area contributed by atoms with Crippen LogP contribution in [0.3, 0.4) is 0 Å². The summed E-state index contributed by atoms with van der Waals surface area (Å²) in [5, 5.41) is 12.4. The zero-order chi connectivity index (χ0) is 14.7. The van der Waals surface area contributed by atoms with E-state index in [1.807, 2.05) is 42.5 Å². The molecule has 0 saturated carbocycles. The highest BCUT2D eigenvalue weighted by atomic mass is 79.9. The number of ether oxygens (including phenoxy) is 1. The molecule has 6 nitrogen and oxygen atoms in total. The second kappa shape index (κ2) is 6.01. The van der Waals surface area contributed by atoms with Gasteiger partial charge in [0.2, 0.25) is 5.82 Å². The van der Waals surface area contributed by atoms with E-state index < -0.39 is 0 Å². The van der Waals surface area contributed by atoms with E-state index in [0.717, 1.165) is 15.9 Å². The fourth-order valence-corrected chi connectivity index (χ4v) is 2.18. The number of tetrazole rings is 1. The Morgan fingerprint density at radius 3 is 2.67 bits per heavy atom. The van der Waals surface area contributed by atoms with Gasteiger partial charge in [0.25, 0.3) is 0 Å². The van der Waals surface area contributed by atoms with Gasteiger partial charge in [-0.25, -0.2) is 4.98 Å². The van der Waals surface area contributed by atoms with Gasteiger partial charge in [-0.05, 0) is 51.0 Å². The van der Waals surface area contributed by atoms with Gasteiger partial charge in [0.1, 0.15) is 16.0 Å². The Morgan fingerprint density at radius 2 is 1.95 bits per heavy atom. The number of pyridine rings is 1. The number of rotatable bonds is 4. The van der Waals surface area contributed by atoms with E-state index in [9.17, 15) is 0 Å². The number of aromatic nitrogens is 5. The number of hydrogen-bond donors (Lipinski definition) is 0. The molecule has 0 aliphatic heterocycles. The average molecular weight is 346 g/mol. The van der Waals surface area contributed by atoms with Crippen molar-refractivity contribution >= 4 is 15.9 Å². The Morgan fingerprint density at radius 1 is 1.14 bits per heavy atom. The fourth-order valence-electron chi connectivity index (χ4n) is 1.84. The van der Waals surface area contributed by atoms with E-state index in [2.05, 4.69) is 36.3 Å². The quantitative estimate of drug-likeness (QED) is 0.680. The number of halogens is 1. The summed E-state index contributed by atoms with van der Waals surface area (Å²) in [6.45, 7) is 0.547. The highest BCUT2D eigenvalue weighted by Crippen LogP contribution is 2.15. The molecule has 1 aromatic carbocycles. The summed E-state index contributed by atoms with van der Waals surface area (Å²) in [6, 6.07) is 13.3. The molecule has 0 aliphatic carbocycles. The smallest absolute Gasteiger partial charge is 0.223 e. The van der Waals surface area contributed by atoms with E-state index >= 15 is 0 Å². The normalized spacial score (nSPS) is 10.6. The Balaban J connectivity index is 1.78. The molecular weight excluding hydrogens is 334 g/mol. The van der Waals surface area contributed by atoms with Gasteiger partial charge in [0.05, 0.1) is 13.7 Å². The van der Waals surface area contributed by atoms with E-state index in [-0.39, 0.29) is 0 Å². The first-order valence-electron chi connectivity index (χ1n) is 6.28. The van der Waals surface area contributed by atoms with Crippen LogP contribution < -0.4 is 4.74 Å². The minimum atomic E-state index is 0.504. The van der Waals surface area contributed by atoms with Gasteiger partial charge in [0, 0.05) is 0 Å². The third-order valence-corrected chi connectivity index (χ3v) is 3.32. The van der Waals surface area contributed by atoms with Crippen molar-refractivity contribution in [3.8, 4) is 17.3 Å². The lowest BCUT2D eigenvalue weighted by molar-refractivity contribution is 0.414. The molecule has 2 heterocycles. The zero-order valence-electron chi connectivity index (χ0n) is 11.3. The number of nitrogens with zero attached hydrogens (tertiary/aromatic N) is 5. The molecule has 3 aromatic rings. The van der Waals surface area contributed by atoms with Crippen molar-refractivity contribution < 1.29 is 4.74 Å². The Labute approximate surface area is 129 Å². The molecule has 0 aliphatic rings. The van der Waals surface area contributed by atoms with Crippen molar-refractivity contribution in [3.05, 3.63) is 52.6 Å². The summed E-state index contributed by atoms with van der Waals surface area (Å²) in [6.07, 6.45) is 0. The van der Waals surface area contributed by atoms with Crippen LogP contribution in [0.15, 0.2) is 47.1 Å². The highest BCUT2D eigenvalue weighted by molar-refractivity contribution is 9.10. The number of benzene rings is 1. The number of hydrogen-bond acceptors (Lipinski definition) is 5. The lowest BCUT2D eigenvalue weighted by Crippen LogP contribution is -2.04. The van der Waals surface area contributed by atoms with Gasteiger partial charge < -0.3 is 4.74 Å². The minimum absolute atomic E-state index is 0.504. The molecule has 0 amide bonds. The van der Waals surface area contributed by atoms with E-state index in [4.69, 9.17) is 4.74 Å². The molecule has 0 spiro atoms. The third-order valence-electron chi connectivity index (χ3n) is 2.88. The summed E-state index contributed by atoms with van der Waals surface area (Å²) < 4.78 is 5.87. The lowest BCUT2D eigenvalue weighted by atomic mass is 10.2. The van der Waals surface area contributed by atoms with Crippen molar-refractivity contribution in [1.82, 2.24) is 25.2 Å². The topological polar surface area (TPSA) is 65.7 Å². The van der Waals surface area contributed by atoms with Crippen molar-refractivity contribution in [2.75, 3.05) is 7.11 Å². The van der Waals surface area contributed by atoms with Gasteiger partial charge in [-0.2, -0.15) is 4.80 Å². The molecule has 2 aromatic heterocycles. The third kappa shape index (κ3) is 3.25. The van der Waals surface area contributed by atoms with Crippen LogP contribution in [-0.4, -0.2) is 32.3 Å². The highest BCUT2D eigenvalue weighted by Gasteiger charge is 2.08. The van der Waals surface area contributed by atoms with Gasteiger partial charge in [-0.1, -0.05) is 18.2 Å². The van der Waals surface area contributed by atoms with Crippen molar-refractivity contribution in [2.45, 2.75) is 6.54 Å². The summed E-state index contributed by atoms with van der Waals surface area (Å²) in [7, 11) is 1.64. The van der Waals surface area contributed by atoms with Crippen molar-refractivity contribution in [2.24, 2.45) is 0 Å². The Kier molecular flexibility index (Phi) is 3.92. The molecule has 0 bridgehead atoms. The molecule has 0 saturated heterocycles. The van der Waals surface area contributed by atoms with Crippen LogP contribution in [0.1, 0.15) is 5.56 Å². The molecule has 0 radical (unpaired) electrons. The maximum atomic E-state index is 5.13. The van der Waals surface area contributed by atoms with Crippen LogP contribution in [0.2, 0.25) is 0 Å². The summed E-state index contributed by atoms with van der Waals surface area (Å²) >= 11 is 3.33. The lowest BCUT2D eigenvalue weighted by Gasteiger charge is -2.02. The summed E-state index contributed by atoms with van der Waals surface area (Å²) in [5.41, 5.74) is 1.76. The molecular formula is C14H12BrN5O. The molecule has 106 valence electrons. The molecule has 0 unspecified atom stereocenters. The van der Waals surface area contributed by atoms with Crippen LogP contribution >= 0.6 is 15.9 Å². The molecule has 0 N–H and O–H groups in total. The van der Waals surface area contributed by atoms with Gasteiger partial charge >= 0.3 is 0 Å². The molecule has 21 heavy (non-hydrogen) atoms. The number of methoxy groups -OCH3 is 1. The van der Waals surface area contributed by atoms with Crippen LogP contribution in [0.25, 0.3) is 11.5 Å². The predicted octanol–water partition coefficient (Wildman–Crippen LogP) is 2.55. The molecule has 0 fully saturated rings. The van der Waals surface area contributed by atoms with Gasteiger partial charge in [-0.3, -0.25) is 0 Å². The zero-order valence-corrected chi connectivity index (χ0v) is 12.9. The molecule has 3 rings (SSSR count). The first kappa shape index (κ1) is 13.7. The monoisotopic (exact) mass is 345 g/mol. The average Bonchev–Trinajstić information content (AvgIpc) is 2.97. The maximum Gasteiger partial charge on any atom is 0.223 e.